The number of rotatable bonds is 6. The van der Waals surface area contributed by atoms with Crippen molar-refractivity contribution in [2.24, 2.45) is 0 Å². The van der Waals surface area contributed by atoms with Gasteiger partial charge in [0.15, 0.2) is 0 Å². The maximum Gasteiger partial charge on any atom is 0.404 e. The minimum atomic E-state index is -4.72. The third-order valence-electron chi connectivity index (χ3n) is 6.18. The molecule has 0 bridgehead atoms. The molecule has 1 fully saturated rings. The van der Waals surface area contributed by atoms with Crippen LogP contribution in [-0.2, 0) is 10.0 Å². The summed E-state index contributed by atoms with van der Waals surface area (Å²) in [6.07, 6.45) is -0.799. The summed E-state index contributed by atoms with van der Waals surface area (Å²) < 4.78 is 72.4. The van der Waals surface area contributed by atoms with Crippen LogP contribution in [0.1, 0.15) is 43.4 Å². The Balaban J connectivity index is 1.83. The van der Waals surface area contributed by atoms with Gasteiger partial charge in [0.1, 0.15) is 22.8 Å². The summed E-state index contributed by atoms with van der Waals surface area (Å²) in [7, 11) is -2.88. The molecule has 0 radical (unpaired) electrons. The average Bonchev–Trinajstić information content (AvgIpc) is 3.03. The van der Waals surface area contributed by atoms with E-state index in [1.807, 2.05) is 19.1 Å². The van der Waals surface area contributed by atoms with Gasteiger partial charge in [0.05, 0.1) is 29.6 Å². The SMILES string of the molecule is COc1cc2c(C#N)c(-c3ccc(S(=O)(=O)NC(C)C(F)(F)F)cn3)n(C3CCC3)c2cc1C. The number of methoxy groups -OCH3 is 1. The Kier molecular flexibility index (Phi) is 6.08. The van der Waals surface area contributed by atoms with E-state index in [0.29, 0.717) is 28.1 Å². The largest absolute Gasteiger partial charge is 0.496 e. The zero-order valence-electron chi connectivity index (χ0n) is 18.8. The standard InChI is InChI=1S/C23H23F3N4O3S/c1-13-9-20-17(10-21(13)33-3)18(11-27)22(30(20)15-5-4-6-15)19-8-7-16(12-28-19)34(31,32)29-14(2)23(24,25)26/h7-10,12,14-15,29H,4-6H2,1-3H3. The molecule has 7 nitrogen and oxygen atoms in total. The number of sulfonamides is 1. The first-order valence-corrected chi connectivity index (χ1v) is 12.1. The Morgan fingerprint density at radius 2 is 2.00 bits per heavy atom. The molecule has 4 rings (SSSR count). The van der Waals surface area contributed by atoms with E-state index in [-0.39, 0.29) is 6.04 Å². The summed E-state index contributed by atoms with van der Waals surface area (Å²) >= 11 is 0. The number of aryl methyl sites for hydroxylation is 1. The van der Waals surface area contributed by atoms with Crippen molar-refractivity contribution in [3.8, 4) is 23.2 Å². The van der Waals surface area contributed by atoms with E-state index >= 15 is 0 Å². The fraction of sp³-hybridized carbons (Fsp3) is 0.391. The van der Waals surface area contributed by atoms with E-state index in [1.165, 1.54) is 12.1 Å². The summed E-state index contributed by atoms with van der Waals surface area (Å²) in [6, 6.07) is 6.54. The van der Waals surface area contributed by atoms with Crippen molar-refractivity contribution in [1.82, 2.24) is 14.3 Å². The number of aromatic nitrogens is 2. The van der Waals surface area contributed by atoms with Gasteiger partial charge in [-0.05, 0) is 62.9 Å². The second-order valence-corrected chi connectivity index (χ2v) is 10.1. The molecule has 34 heavy (non-hydrogen) atoms. The zero-order valence-corrected chi connectivity index (χ0v) is 19.6. The van der Waals surface area contributed by atoms with Crippen LogP contribution in [0.2, 0.25) is 0 Å². The van der Waals surface area contributed by atoms with Crippen LogP contribution in [0, 0.1) is 18.3 Å². The molecule has 2 heterocycles. The molecular weight excluding hydrogens is 469 g/mol. The molecule has 3 aromatic rings. The first-order chi connectivity index (χ1) is 16.0. The van der Waals surface area contributed by atoms with Gasteiger partial charge in [0.2, 0.25) is 10.0 Å². The summed E-state index contributed by atoms with van der Waals surface area (Å²) in [5, 5.41) is 10.7. The molecule has 0 aliphatic heterocycles. The summed E-state index contributed by atoms with van der Waals surface area (Å²) in [4.78, 5) is 3.86. The molecule has 1 aliphatic rings. The van der Waals surface area contributed by atoms with E-state index in [9.17, 15) is 26.9 Å². The van der Waals surface area contributed by atoms with Crippen LogP contribution in [0.4, 0.5) is 13.2 Å². The van der Waals surface area contributed by atoms with Gasteiger partial charge < -0.3 is 9.30 Å². The molecule has 180 valence electrons. The molecule has 1 N–H and O–H groups in total. The van der Waals surface area contributed by atoms with E-state index < -0.39 is 27.1 Å². The Morgan fingerprint density at radius 1 is 1.29 bits per heavy atom. The van der Waals surface area contributed by atoms with Crippen molar-refractivity contribution >= 4 is 20.9 Å². The third kappa shape index (κ3) is 4.12. The summed E-state index contributed by atoms with van der Waals surface area (Å²) in [5.41, 5.74) is 3.05. The van der Waals surface area contributed by atoms with Crippen molar-refractivity contribution in [3.63, 3.8) is 0 Å². The molecule has 1 unspecified atom stereocenters. The fourth-order valence-corrected chi connectivity index (χ4v) is 5.27. The van der Waals surface area contributed by atoms with Gasteiger partial charge in [0.25, 0.3) is 0 Å². The first-order valence-electron chi connectivity index (χ1n) is 10.7. The van der Waals surface area contributed by atoms with Crippen LogP contribution in [0.25, 0.3) is 22.3 Å². The number of nitrogens with zero attached hydrogens (tertiary/aromatic N) is 3. The molecular formula is C23H23F3N4O3S. The van der Waals surface area contributed by atoms with Crippen molar-refractivity contribution in [2.45, 2.75) is 56.3 Å². The monoisotopic (exact) mass is 492 g/mol. The maximum atomic E-state index is 12.8. The minimum Gasteiger partial charge on any atom is -0.496 e. The first kappa shape index (κ1) is 24.0. The lowest BCUT2D eigenvalue weighted by atomic mass is 9.92. The fourth-order valence-electron chi connectivity index (χ4n) is 4.10. The van der Waals surface area contributed by atoms with Crippen LogP contribution in [0.3, 0.4) is 0 Å². The highest BCUT2D eigenvalue weighted by atomic mass is 32.2. The van der Waals surface area contributed by atoms with Gasteiger partial charge in [-0.1, -0.05) is 0 Å². The highest BCUT2D eigenvalue weighted by molar-refractivity contribution is 7.89. The third-order valence-corrected chi connectivity index (χ3v) is 7.71. The van der Waals surface area contributed by atoms with Gasteiger partial charge in [-0.15, -0.1) is 0 Å². The topological polar surface area (TPSA) is 97.0 Å². The van der Waals surface area contributed by atoms with E-state index in [1.54, 1.807) is 11.8 Å². The Bertz CT molecular complexity index is 1390. The molecule has 0 amide bonds. The van der Waals surface area contributed by atoms with Crippen LogP contribution < -0.4 is 9.46 Å². The second-order valence-electron chi connectivity index (χ2n) is 8.39. The number of fused-ring (bicyclic) bond motifs is 1. The average molecular weight is 493 g/mol. The van der Waals surface area contributed by atoms with E-state index in [4.69, 9.17) is 4.74 Å². The van der Waals surface area contributed by atoms with Gasteiger partial charge >= 0.3 is 6.18 Å². The van der Waals surface area contributed by atoms with Crippen molar-refractivity contribution < 1.29 is 26.3 Å². The lowest BCUT2D eigenvalue weighted by Gasteiger charge is -2.30. The number of ether oxygens (including phenoxy) is 1. The van der Waals surface area contributed by atoms with Crippen molar-refractivity contribution in [3.05, 3.63) is 41.6 Å². The maximum absolute atomic E-state index is 12.8. The van der Waals surface area contributed by atoms with Gasteiger partial charge in [-0.3, -0.25) is 4.98 Å². The van der Waals surface area contributed by atoms with Crippen LogP contribution in [0.15, 0.2) is 35.4 Å². The molecule has 11 heteroatoms. The second kappa shape index (κ2) is 8.60. The predicted octanol–water partition coefficient (Wildman–Crippen LogP) is 4.85. The number of nitrogens with one attached hydrogen (secondary N) is 1. The molecule has 1 aromatic carbocycles. The normalized spacial score (nSPS) is 15.7. The van der Waals surface area contributed by atoms with Crippen molar-refractivity contribution in [1.29, 1.82) is 5.26 Å². The lowest BCUT2D eigenvalue weighted by Crippen LogP contribution is -2.42. The number of halogens is 3. The summed E-state index contributed by atoms with van der Waals surface area (Å²) in [6.45, 7) is 2.64. The van der Waals surface area contributed by atoms with E-state index in [0.717, 1.165) is 43.5 Å². The van der Waals surface area contributed by atoms with Gasteiger partial charge in [0, 0.05) is 17.6 Å². The lowest BCUT2D eigenvalue weighted by molar-refractivity contribution is -0.147. The van der Waals surface area contributed by atoms with Gasteiger partial charge in [-0.2, -0.15) is 23.2 Å². The smallest absolute Gasteiger partial charge is 0.404 e. The number of hydrogen-bond donors (Lipinski definition) is 1. The Labute approximate surface area is 195 Å². The molecule has 1 atom stereocenters. The predicted molar refractivity (Wildman–Crippen MR) is 120 cm³/mol. The molecule has 2 aromatic heterocycles. The molecule has 1 saturated carbocycles. The van der Waals surface area contributed by atoms with Crippen LogP contribution in [-0.4, -0.2) is 37.3 Å². The molecule has 1 aliphatic carbocycles. The number of hydrogen-bond acceptors (Lipinski definition) is 5. The number of alkyl halides is 3. The summed E-state index contributed by atoms with van der Waals surface area (Å²) in [5.74, 6) is 0.639. The highest BCUT2D eigenvalue weighted by Crippen LogP contribution is 2.43. The van der Waals surface area contributed by atoms with E-state index in [2.05, 4.69) is 15.6 Å². The van der Waals surface area contributed by atoms with Gasteiger partial charge in [-0.25, -0.2) is 8.42 Å². The number of benzene rings is 1. The Morgan fingerprint density at radius 3 is 2.50 bits per heavy atom. The number of pyridine rings is 1. The van der Waals surface area contributed by atoms with Crippen molar-refractivity contribution in [2.75, 3.05) is 7.11 Å². The highest BCUT2D eigenvalue weighted by Gasteiger charge is 2.39. The zero-order chi connectivity index (χ0) is 24.8. The molecule has 0 spiro atoms. The van der Waals surface area contributed by atoms with Crippen LogP contribution >= 0.6 is 0 Å². The van der Waals surface area contributed by atoms with Crippen LogP contribution in [0.5, 0.6) is 5.75 Å². The molecule has 0 saturated heterocycles. The number of nitriles is 1. The quantitative estimate of drug-likeness (QED) is 0.531. The minimum absolute atomic E-state index is 0.159. The Hall–Kier alpha value is -3.10.